The number of aliphatic hydroxyl groups excluding tert-OH is 1. The summed E-state index contributed by atoms with van der Waals surface area (Å²) in [4.78, 5) is 12.7. The van der Waals surface area contributed by atoms with Crippen molar-refractivity contribution in [3.63, 3.8) is 0 Å². The monoisotopic (exact) mass is 512 g/mol. The van der Waals surface area contributed by atoms with Gasteiger partial charge in [-0.2, -0.15) is 0 Å². The van der Waals surface area contributed by atoms with Gasteiger partial charge in [-0.25, -0.2) is 4.79 Å². The van der Waals surface area contributed by atoms with Crippen molar-refractivity contribution in [1.29, 1.82) is 0 Å². The number of methoxy groups -OCH3 is 1. The molecule has 0 amide bonds. The highest BCUT2D eigenvalue weighted by Gasteiger charge is 2.24. The van der Waals surface area contributed by atoms with Gasteiger partial charge >= 0.3 is 5.97 Å². The molecule has 3 aliphatic rings. The number of carbonyl (C=O) groups excluding carboxylic acids is 1. The van der Waals surface area contributed by atoms with Gasteiger partial charge < -0.3 is 24.1 Å². The molecule has 0 aromatic rings. The summed E-state index contributed by atoms with van der Waals surface area (Å²) in [6, 6.07) is 0. The lowest BCUT2D eigenvalue weighted by Gasteiger charge is -2.28. The van der Waals surface area contributed by atoms with Gasteiger partial charge in [0.05, 0.1) is 31.0 Å². The van der Waals surface area contributed by atoms with Crippen LogP contribution in [0.25, 0.3) is 0 Å². The predicted molar refractivity (Wildman–Crippen MR) is 146 cm³/mol. The quantitative estimate of drug-likeness (QED) is 0.393. The summed E-state index contributed by atoms with van der Waals surface area (Å²) in [7, 11) is 1.60. The standard InChI is InChI=1S/C31H44O6/c1-22-16-17-35-27(20-22)14-15-29(34-4)30-12-5-8-25(32)19-23(2)18-24(3)21-28-11-6-9-26(36-28)10-7-13-31(33)37-30/h5-9,13-16,24-30,32H,2,10-12,17-21H2,1,3-4H3/b8-5+,13-7+,15-14?. The second-order valence-electron chi connectivity index (χ2n) is 10.5. The lowest BCUT2D eigenvalue weighted by atomic mass is 9.91. The molecular weight excluding hydrogens is 468 g/mol. The van der Waals surface area contributed by atoms with Crippen molar-refractivity contribution in [3.05, 3.63) is 72.4 Å². The third-order valence-corrected chi connectivity index (χ3v) is 6.95. The minimum Gasteiger partial charge on any atom is -0.456 e. The van der Waals surface area contributed by atoms with Crippen LogP contribution in [0.15, 0.2) is 72.4 Å². The van der Waals surface area contributed by atoms with Gasteiger partial charge in [0, 0.05) is 19.6 Å². The van der Waals surface area contributed by atoms with Gasteiger partial charge in [0.2, 0.25) is 0 Å². The first-order chi connectivity index (χ1) is 17.8. The summed E-state index contributed by atoms with van der Waals surface area (Å²) >= 11 is 0. The van der Waals surface area contributed by atoms with Crippen molar-refractivity contribution < 1.29 is 28.8 Å². The van der Waals surface area contributed by atoms with Gasteiger partial charge in [0.15, 0.2) is 0 Å². The van der Waals surface area contributed by atoms with E-state index in [1.54, 1.807) is 13.2 Å². The van der Waals surface area contributed by atoms with Crippen molar-refractivity contribution in [2.75, 3.05) is 13.7 Å². The van der Waals surface area contributed by atoms with E-state index in [0.29, 0.717) is 31.8 Å². The Bertz CT molecular complexity index is 897. The molecule has 6 nitrogen and oxygen atoms in total. The van der Waals surface area contributed by atoms with Crippen molar-refractivity contribution >= 4 is 5.97 Å². The molecule has 0 aromatic heterocycles. The molecule has 1 N–H and O–H groups in total. The maximum Gasteiger partial charge on any atom is 0.330 e. The number of esters is 1. The number of rotatable bonds is 4. The van der Waals surface area contributed by atoms with Crippen LogP contribution in [0.3, 0.4) is 0 Å². The zero-order valence-corrected chi connectivity index (χ0v) is 22.6. The summed E-state index contributed by atoms with van der Waals surface area (Å²) < 4.78 is 23.6. The van der Waals surface area contributed by atoms with E-state index in [1.807, 2.05) is 24.3 Å². The second kappa shape index (κ2) is 15.2. The number of aliphatic hydroxyl groups is 1. The average Bonchev–Trinajstić information content (AvgIpc) is 2.83. The topological polar surface area (TPSA) is 74.2 Å². The van der Waals surface area contributed by atoms with Crippen LogP contribution in [0.5, 0.6) is 0 Å². The van der Waals surface area contributed by atoms with E-state index in [-0.39, 0.29) is 18.3 Å². The van der Waals surface area contributed by atoms with Crippen LogP contribution in [0, 0.1) is 5.92 Å². The molecule has 0 saturated carbocycles. The molecule has 3 aliphatic heterocycles. The van der Waals surface area contributed by atoms with Crippen LogP contribution in [-0.4, -0.2) is 61.4 Å². The van der Waals surface area contributed by atoms with Gasteiger partial charge in [-0.15, -0.1) is 0 Å². The number of carbonyl (C=O) groups is 1. The Hall–Kier alpha value is -2.25. The molecule has 0 aliphatic carbocycles. The number of cyclic esters (lactones) is 1. The van der Waals surface area contributed by atoms with Crippen LogP contribution >= 0.6 is 0 Å². The van der Waals surface area contributed by atoms with Crippen molar-refractivity contribution in [1.82, 2.24) is 0 Å². The Morgan fingerprint density at radius 2 is 1.95 bits per heavy atom. The first kappa shape index (κ1) is 29.3. The van der Waals surface area contributed by atoms with Gasteiger partial charge in [-0.3, -0.25) is 0 Å². The zero-order chi connectivity index (χ0) is 26.6. The molecule has 0 aromatic carbocycles. The third-order valence-electron chi connectivity index (χ3n) is 6.95. The van der Waals surface area contributed by atoms with Gasteiger partial charge in [-0.05, 0) is 51.4 Å². The summed E-state index contributed by atoms with van der Waals surface area (Å²) in [6.45, 7) is 9.08. The molecule has 2 bridgehead atoms. The molecule has 7 atom stereocenters. The van der Waals surface area contributed by atoms with E-state index in [2.05, 4.69) is 38.7 Å². The minimum atomic E-state index is -0.644. The molecule has 0 fully saturated rings. The molecule has 0 spiro atoms. The molecular formula is C31H44O6. The first-order valence-corrected chi connectivity index (χ1v) is 13.5. The molecule has 0 saturated heterocycles. The fraction of sp³-hybridized carbons (Fsp3) is 0.581. The Balaban J connectivity index is 1.73. The summed E-state index contributed by atoms with van der Waals surface area (Å²) in [6.07, 6.45) is 20.5. The molecule has 6 heteroatoms. The molecule has 204 valence electrons. The van der Waals surface area contributed by atoms with Crippen LogP contribution in [0.1, 0.15) is 58.8 Å². The molecule has 3 rings (SSSR count). The van der Waals surface area contributed by atoms with E-state index in [4.69, 9.17) is 18.9 Å². The van der Waals surface area contributed by atoms with Crippen LogP contribution in [0.2, 0.25) is 0 Å². The fourth-order valence-electron chi connectivity index (χ4n) is 5.08. The number of hydrogen-bond acceptors (Lipinski definition) is 6. The van der Waals surface area contributed by atoms with Crippen LogP contribution in [0.4, 0.5) is 0 Å². The zero-order valence-electron chi connectivity index (χ0n) is 22.6. The Morgan fingerprint density at radius 3 is 2.73 bits per heavy atom. The van der Waals surface area contributed by atoms with Crippen molar-refractivity contribution in [3.8, 4) is 0 Å². The van der Waals surface area contributed by atoms with Crippen LogP contribution < -0.4 is 0 Å². The average molecular weight is 513 g/mol. The minimum absolute atomic E-state index is 0.0319. The maximum atomic E-state index is 12.7. The predicted octanol–water partition coefficient (Wildman–Crippen LogP) is 5.55. The lowest BCUT2D eigenvalue weighted by Crippen LogP contribution is -2.31. The smallest absolute Gasteiger partial charge is 0.330 e. The van der Waals surface area contributed by atoms with E-state index in [9.17, 15) is 9.90 Å². The Kier molecular flexibility index (Phi) is 12.1. The summed E-state index contributed by atoms with van der Waals surface area (Å²) in [5.41, 5.74) is 2.31. The van der Waals surface area contributed by atoms with Gasteiger partial charge in [0.1, 0.15) is 12.2 Å². The maximum absolute atomic E-state index is 12.7. The van der Waals surface area contributed by atoms with Gasteiger partial charge in [0.25, 0.3) is 0 Å². The molecule has 7 unspecified atom stereocenters. The number of hydrogen-bond donors (Lipinski definition) is 1. The largest absolute Gasteiger partial charge is 0.456 e. The van der Waals surface area contributed by atoms with E-state index in [1.165, 1.54) is 11.6 Å². The van der Waals surface area contributed by atoms with Crippen molar-refractivity contribution in [2.24, 2.45) is 5.92 Å². The Morgan fingerprint density at radius 1 is 1.14 bits per heavy atom. The van der Waals surface area contributed by atoms with Crippen LogP contribution in [-0.2, 0) is 23.7 Å². The highest BCUT2D eigenvalue weighted by atomic mass is 16.6. The van der Waals surface area contributed by atoms with E-state index < -0.39 is 24.3 Å². The molecule has 0 radical (unpaired) electrons. The van der Waals surface area contributed by atoms with E-state index in [0.717, 1.165) is 31.3 Å². The first-order valence-electron chi connectivity index (χ1n) is 13.5. The highest BCUT2D eigenvalue weighted by molar-refractivity contribution is 5.82. The number of fused-ring (bicyclic) bond motifs is 2. The normalized spacial score (nSPS) is 35.2. The molecule has 3 heterocycles. The van der Waals surface area contributed by atoms with Crippen molar-refractivity contribution in [2.45, 2.75) is 95.4 Å². The fourth-order valence-corrected chi connectivity index (χ4v) is 5.08. The van der Waals surface area contributed by atoms with E-state index >= 15 is 0 Å². The summed E-state index contributed by atoms with van der Waals surface area (Å²) in [5, 5.41) is 10.6. The molecule has 37 heavy (non-hydrogen) atoms. The Labute approximate surface area is 222 Å². The lowest BCUT2D eigenvalue weighted by molar-refractivity contribution is -0.148. The third kappa shape index (κ3) is 10.6. The highest BCUT2D eigenvalue weighted by Crippen LogP contribution is 2.26. The second-order valence-corrected chi connectivity index (χ2v) is 10.5. The SMILES string of the molecule is C=C1CC(O)/C=C/CC(C(C=CC2CC(C)=CCO2)OC)OC(=O)/C=C/CC2C=CCC(CC(C)C1)O2. The van der Waals surface area contributed by atoms with Gasteiger partial charge in [-0.1, -0.05) is 73.3 Å². The summed E-state index contributed by atoms with van der Waals surface area (Å²) in [5.74, 6) is -0.0159. The number of ether oxygens (including phenoxy) is 4.